The van der Waals surface area contributed by atoms with Crippen molar-refractivity contribution in [1.82, 2.24) is 14.7 Å². The summed E-state index contributed by atoms with van der Waals surface area (Å²) in [6, 6.07) is 9.56. The molecule has 1 amide bonds. The minimum absolute atomic E-state index is 0.133. The largest absolute Gasteiger partial charge is 0.339 e. The van der Waals surface area contributed by atoms with Crippen molar-refractivity contribution in [2.24, 2.45) is 5.92 Å². The fourth-order valence-corrected chi connectivity index (χ4v) is 3.19. The van der Waals surface area contributed by atoms with Gasteiger partial charge in [-0.25, -0.2) is 0 Å². The number of hydrogen-bond acceptors (Lipinski definition) is 2. The summed E-state index contributed by atoms with van der Waals surface area (Å²) in [5.41, 5.74) is 0.759. The third-order valence-corrected chi connectivity index (χ3v) is 4.47. The van der Waals surface area contributed by atoms with Gasteiger partial charge in [-0.2, -0.15) is 5.10 Å². The van der Waals surface area contributed by atoms with Gasteiger partial charge in [-0.05, 0) is 43.0 Å². The molecule has 2 heterocycles. The maximum Gasteiger partial charge on any atom is 0.253 e. The predicted octanol–water partition coefficient (Wildman–Crippen LogP) is 3.20. The average molecular weight is 348 g/mol. The van der Waals surface area contributed by atoms with Gasteiger partial charge in [0, 0.05) is 42.1 Å². The number of hydrogen-bond donors (Lipinski definition) is 0. The molecule has 0 saturated carbocycles. The molecule has 0 atom stereocenters. The van der Waals surface area contributed by atoms with Gasteiger partial charge in [-0.3, -0.25) is 9.48 Å². The lowest BCUT2D eigenvalue weighted by atomic mass is 9.96. The van der Waals surface area contributed by atoms with Crippen molar-refractivity contribution < 1.29 is 4.79 Å². The van der Waals surface area contributed by atoms with Gasteiger partial charge in [-0.1, -0.05) is 22.0 Å². The summed E-state index contributed by atoms with van der Waals surface area (Å²) < 4.78 is 2.93. The quantitative estimate of drug-likeness (QED) is 0.854. The molecule has 1 aliphatic heterocycles. The molecule has 110 valence electrons. The normalized spacial score (nSPS) is 16.1. The molecular weight excluding hydrogens is 330 g/mol. The molecule has 1 aliphatic rings. The third-order valence-electron chi connectivity index (χ3n) is 3.98. The van der Waals surface area contributed by atoms with Crippen molar-refractivity contribution in [3.63, 3.8) is 0 Å². The van der Waals surface area contributed by atoms with Crippen LogP contribution in [0.1, 0.15) is 23.2 Å². The number of halogens is 1. The first-order valence-corrected chi connectivity index (χ1v) is 8.04. The number of carbonyl (C=O) groups is 1. The number of benzene rings is 1. The van der Waals surface area contributed by atoms with Crippen LogP contribution in [-0.4, -0.2) is 33.7 Å². The van der Waals surface area contributed by atoms with Crippen LogP contribution >= 0.6 is 15.9 Å². The summed E-state index contributed by atoms with van der Waals surface area (Å²) in [5.74, 6) is 0.741. The molecule has 1 fully saturated rings. The minimum Gasteiger partial charge on any atom is -0.339 e. The lowest BCUT2D eigenvalue weighted by molar-refractivity contribution is 0.0681. The van der Waals surface area contributed by atoms with Crippen LogP contribution in [-0.2, 0) is 6.54 Å². The van der Waals surface area contributed by atoms with Gasteiger partial charge in [0.15, 0.2) is 0 Å². The zero-order chi connectivity index (χ0) is 14.7. The number of aromatic nitrogens is 2. The Balaban J connectivity index is 1.57. The van der Waals surface area contributed by atoms with Crippen LogP contribution in [0.3, 0.4) is 0 Å². The van der Waals surface area contributed by atoms with E-state index in [1.807, 2.05) is 52.3 Å². The van der Waals surface area contributed by atoms with Crippen molar-refractivity contribution in [3.05, 3.63) is 52.8 Å². The van der Waals surface area contributed by atoms with Crippen molar-refractivity contribution in [2.45, 2.75) is 19.4 Å². The summed E-state index contributed by atoms with van der Waals surface area (Å²) >= 11 is 3.42. The number of likely N-dealkylation sites (tertiary alicyclic amines) is 1. The molecule has 3 rings (SSSR count). The number of piperidine rings is 1. The predicted molar refractivity (Wildman–Crippen MR) is 85.0 cm³/mol. The summed E-state index contributed by atoms with van der Waals surface area (Å²) in [6.45, 7) is 2.61. The second-order valence-electron chi connectivity index (χ2n) is 5.47. The van der Waals surface area contributed by atoms with E-state index in [1.54, 1.807) is 0 Å². The Labute approximate surface area is 132 Å². The summed E-state index contributed by atoms with van der Waals surface area (Å²) in [5, 5.41) is 4.25. The van der Waals surface area contributed by atoms with E-state index in [4.69, 9.17) is 0 Å². The van der Waals surface area contributed by atoms with Crippen molar-refractivity contribution in [2.75, 3.05) is 13.1 Å². The highest BCUT2D eigenvalue weighted by Gasteiger charge is 2.23. The molecule has 5 heteroatoms. The monoisotopic (exact) mass is 347 g/mol. The van der Waals surface area contributed by atoms with Crippen LogP contribution in [0.15, 0.2) is 47.2 Å². The molecule has 0 radical (unpaired) electrons. The highest BCUT2D eigenvalue weighted by Crippen LogP contribution is 2.21. The van der Waals surface area contributed by atoms with E-state index >= 15 is 0 Å². The molecule has 2 aromatic rings. The van der Waals surface area contributed by atoms with Crippen molar-refractivity contribution in [1.29, 1.82) is 0 Å². The molecule has 4 nitrogen and oxygen atoms in total. The van der Waals surface area contributed by atoms with E-state index in [0.29, 0.717) is 5.92 Å². The van der Waals surface area contributed by atoms with Crippen molar-refractivity contribution >= 4 is 21.8 Å². The topological polar surface area (TPSA) is 38.1 Å². The Hall–Kier alpha value is -1.62. The Morgan fingerprint density at radius 3 is 2.76 bits per heavy atom. The zero-order valence-electron chi connectivity index (χ0n) is 11.8. The number of nitrogens with zero attached hydrogens (tertiary/aromatic N) is 3. The van der Waals surface area contributed by atoms with Gasteiger partial charge in [0.25, 0.3) is 5.91 Å². The minimum atomic E-state index is 0.133. The lowest BCUT2D eigenvalue weighted by Gasteiger charge is -2.32. The number of carbonyl (C=O) groups excluding carboxylic acids is 1. The van der Waals surface area contributed by atoms with Crippen LogP contribution in [0.4, 0.5) is 0 Å². The fraction of sp³-hybridized carbons (Fsp3) is 0.375. The molecule has 0 bridgehead atoms. The lowest BCUT2D eigenvalue weighted by Crippen LogP contribution is -2.39. The van der Waals surface area contributed by atoms with Crippen LogP contribution in [0.2, 0.25) is 0 Å². The van der Waals surface area contributed by atoms with E-state index in [1.165, 1.54) is 0 Å². The molecule has 0 unspecified atom stereocenters. The Kier molecular flexibility index (Phi) is 4.39. The van der Waals surface area contributed by atoms with Crippen LogP contribution in [0.5, 0.6) is 0 Å². The van der Waals surface area contributed by atoms with E-state index in [0.717, 1.165) is 42.5 Å². The molecule has 1 aromatic carbocycles. The van der Waals surface area contributed by atoms with E-state index < -0.39 is 0 Å². The Morgan fingerprint density at radius 2 is 2.10 bits per heavy atom. The molecule has 1 saturated heterocycles. The molecule has 0 spiro atoms. The highest BCUT2D eigenvalue weighted by molar-refractivity contribution is 9.10. The molecule has 21 heavy (non-hydrogen) atoms. The van der Waals surface area contributed by atoms with E-state index in [-0.39, 0.29) is 5.91 Å². The van der Waals surface area contributed by atoms with Crippen LogP contribution in [0.25, 0.3) is 0 Å². The summed E-state index contributed by atoms with van der Waals surface area (Å²) in [6.07, 6.45) is 5.89. The molecule has 0 aliphatic carbocycles. The maximum absolute atomic E-state index is 12.5. The molecular formula is C16H18BrN3O. The van der Waals surface area contributed by atoms with Crippen LogP contribution in [0, 0.1) is 5.92 Å². The molecule has 0 N–H and O–H groups in total. The average Bonchev–Trinajstić information content (AvgIpc) is 3.00. The van der Waals surface area contributed by atoms with Gasteiger partial charge < -0.3 is 4.90 Å². The highest BCUT2D eigenvalue weighted by atomic mass is 79.9. The number of amides is 1. The SMILES string of the molecule is O=C(c1cccc(Br)c1)N1CCC(Cn2cccn2)CC1. The van der Waals surface area contributed by atoms with E-state index in [2.05, 4.69) is 21.0 Å². The van der Waals surface area contributed by atoms with Crippen molar-refractivity contribution in [3.8, 4) is 0 Å². The Morgan fingerprint density at radius 1 is 1.29 bits per heavy atom. The Bertz CT molecular complexity index is 604. The van der Waals surface area contributed by atoms with Gasteiger partial charge >= 0.3 is 0 Å². The fourth-order valence-electron chi connectivity index (χ4n) is 2.80. The van der Waals surface area contributed by atoms with E-state index in [9.17, 15) is 4.79 Å². The zero-order valence-corrected chi connectivity index (χ0v) is 13.4. The second-order valence-corrected chi connectivity index (χ2v) is 6.39. The second kappa shape index (κ2) is 6.43. The summed E-state index contributed by atoms with van der Waals surface area (Å²) in [4.78, 5) is 14.4. The van der Waals surface area contributed by atoms with Gasteiger partial charge in [0.1, 0.15) is 0 Å². The summed E-state index contributed by atoms with van der Waals surface area (Å²) in [7, 11) is 0. The van der Waals surface area contributed by atoms with Gasteiger partial charge in [0.2, 0.25) is 0 Å². The smallest absolute Gasteiger partial charge is 0.253 e. The maximum atomic E-state index is 12.5. The first-order valence-electron chi connectivity index (χ1n) is 7.24. The van der Waals surface area contributed by atoms with Gasteiger partial charge in [-0.15, -0.1) is 0 Å². The first kappa shape index (κ1) is 14.3. The third kappa shape index (κ3) is 3.53. The first-order chi connectivity index (χ1) is 10.2. The number of rotatable bonds is 3. The van der Waals surface area contributed by atoms with Gasteiger partial charge in [0.05, 0.1) is 0 Å². The molecule has 1 aromatic heterocycles. The standard InChI is InChI=1S/C16H18BrN3O/c17-15-4-1-3-14(11-15)16(21)19-9-5-13(6-10-19)12-20-8-2-7-18-20/h1-4,7-8,11,13H,5-6,9-10,12H2. The van der Waals surface area contributed by atoms with Crippen LogP contribution < -0.4 is 0 Å².